The minimum absolute atomic E-state index is 0.0731. The van der Waals surface area contributed by atoms with Gasteiger partial charge >= 0.3 is 0 Å². The number of hydrogen-bond donors (Lipinski definition) is 0. The van der Waals surface area contributed by atoms with E-state index in [0.717, 1.165) is 13.0 Å². The van der Waals surface area contributed by atoms with Crippen molar-refractivity contribution < 1.29 is 9.13 Å². The summed E-state index contributed by atoms with van der Waals surface area (Å²) in [6.45, 7) is 6.46. The van der Waals surface area contributed by atoms with Crippen LogP contribution in [0.4, 0.5) is 4.39 Å². The van der Waals surface area contributed by atoms with Gasteiger partial charge in [0.25, 0.3) is 0 Å². The van der Waals surface area contributed by atoms with E-state index in [1.54, 1.807) is 0 Å². The fraction of sp³-hybridized carbons (Fsp3) is 1.00. The van der Waals surface area contributed by atoms with Crippen LogP contribution < -0.4 is 0 Å². The van der Waals surface area contributed by atoms with Crippen LogP contribution in [-0.2, 0) is 4.74 Å². The summed E-state index contributed by atoms with van der Waals surface area (Å²) < 4.78 is 18.7. The molecular formula is C10H18FNO. The van der Waals surface area contributed by atoms with Gasteiger partial charge in [0.05, 0.1) is 12.7 Å². The first kappa shape index (κ1) is 9.41. The number of nitrogens with zero attached hydrogens (tertiary/aromatic N) is 1. The molecule has 0 aromatic rings. The fourth-order valence-electron chi connectivity index (χ4n) is 2.36. The summed E-state index contributed by atoms with van der Waals surface area (Å²) in [5.41, 5.74) is 0.0731. The van der Waals surface area contributed by atoms with Gasteiger partial charge in [-0.05, 0) is 20.3 Å². The van der Waals surface area contributed by atoms with E-state index in [0.29, 0.717) is 19.6 Å². The third kappa shape index (κ3) is 1.59. The Morgan fingerprint density at radius 1 is 1.62 bits per heavy atom. The van der Waals surface area contributed by atoms with Crippen LogP contribution in [0.5, 0.6) is 0 Å². The van der Waals surface area contributed by atoms with E-state index >= 15 is 0 Å². The number of alkyl halides is 1. The topological polar surface area (TPSA) is 12.5 Å². The normalized spacial score (nSPS) is 39.2. The lowest BCUT2D eigenvalue weighted by atomic mass is 9.86. The molecule has 2 nitrogen and oxygen atoms in total. The van der Waals surface area contributed by atoms with Gasteiger partial charge in [-0.2, -0.15) is 0 Å². The average molecular weight is 187 g/mol. The van der Waals surface area contributed by atoms with E-state index in [-0.39, 0.29) is 11.6 Å². The summed E-state index contributed by atoms with van der Waals surface area (Å²) in [7, 11) is 0. The SMILES string of the molecule is CC(C)OC[C@]12CCN1C[C@H](F)C2. The Kier molecular flexibility index (Phi) is 2.32. The Hall–Kier alpha value is -0.150. The standard InChI is InChI=1S/C10H18FNO/c1-8(2)13-7-10-3-4-12(10)6-9(11)5-10/h8-9H,3-7H2,1-2H3/t9-,10-/m1/s1. The van der Waals surface area contributed by atoms with E-state index in [1.165, 1.54) is 0 Å². The first-order valence-electron chi connectivity index (χ1n) is 5.13. The quantitative estimate of drug-likeness (QED) is 0.665. The fourth-order valence-corrected chi connectivity index (χ4v) is 2.36. The van der Waals surface area contributed by atoms with Crippen molar-refractivity contribution in [2.45, 2.75) is 44.5 Å². The summed E-state index contributed by atoms with van der Waals surface area (Å²) in [5, 5.41) is 0. The molecule has 0 amide bonds. The molecule has 3 heteroatoms. The zero-order valence-electron chi connectivity index (χ0n) is 8.42. The van der Waals surface area contributed by atoms with Crippen LogP contribution in [0.1, 0.15) is 26.7 Å². The smallest absolute Gasteiger partial charge is 0.115 e. The van der Waals surface area contributed by atoms with Gasteiger partial charge in [-0.25, -0.2) is 4.39 Å². The predicted octanol–water partition coefficient (Wildman–Crippen LogP) is 1.60. The first-order chi connectivity index (χ1) is 6.12. The van der Waals surface area contributed by atoms with Crippen molar-refractivity contribution in [3.05, 3.63) is 0 Å². The molecule has 0 radical (unpaired) electrons. The van der Waals surface area contributed by atoms with E-state index in [2.05, 4.69) is 4.90 Å². The summed E-state index contributed by atoms with van der Waals surface area (Å²) in [5.74, 6) is 0. The van der Waals surface area contributed by atoms with Crippen molar-refractivity contribution >= 4 is 0 Å². The van der Waals surface area contributed by atoms with Gasteiger partial charge < -0.3 is 4.74 Å². The van der Waals surface area contributed by atoms with Crippen molar-refractivity contribution in [3.63, 3.8) is 0 Å². The number of ether oxygens (including phenoxy) is 1. The summed E-state index contributed by atoms with van der Waals surface area (Å²) >= 11 is 0. The van der Waals surface area contributed by atoms with Crippen LogP contribution in [0.2, 0.25) is 0 Å². The first-order valence-corrected chi connectivity index (χ1v) is 5.13. The van der Waals surface area contributed by atoms with Crippen molar-refractivity contribution in [2.75, 3.05) is 19.7 Å². The molecule has 76 valence electrons. The van der Waals surface area contributed by atoms with E-state index in [1.807, 2.05) is 13.8 Å². The third-order valence-corrected chi connectivity index (χ3v) is 3.22. The number of rotatable bonds is 3. The minimum atomic E-state index is -0.627. The van der Waals surface area contributed by atoms with Crippen LogP contribution in [0, 0.1) is 0 Å². The summed E-state index contributed by atoms with van der Waals surface area (Å²) in [4.78, 5) is 2.24. The lowest BCUT2D eigenvalue weighted by molar-refractivity contribution is -0.0648. The molecular weight excluding hydrogens is 169 g/mol. The summed E-state index contributed by atoms with van der Waals surface area (Å²) in [6.07, 6.45) is 1.42. The number of fused-ring (bicyclic) bond motifs is 1. The van der Waals surface area contributed by atoms with E-state index in [9.17, 15) is 4.39 Å². The summed E-state index contributed by atoms with van der Waals surface area (Å²) in [6, 6.07) is 0. The zero-order chi connectivity index (χ0) is 9.47. The van der Waals surface area contributed by atoms with Gasteiger partial charge in [-0.1, -0.05) is 0 Å². The Morgan fingerprint density at radius 2 is 2.38 bits per heavy atom. The third-order valence-electron chi connectivity index (χ3n) is 3.22. The van der Waals surface area contributed by atoms with Gasteiger partial charge in [0, 0.05) is 25.0 Å². The number of hydrogen-bond acceptors (Lipinski definition) is 2. The molecule has 0 saturated carbocycles. The second-order valence-corrected chi connectivity index (χ2v) is 4.58. The highest BCUT2D eigenvalue weighted by Crippen LogP contribution is 2.41. The maximum Gasteiger partial charge on any atom is 0.115 e. The van der Waals surface area contributed by atoms with Gasteiger partial charge in [0.15, 0.2) is 0 Å². The highest BCUT2D eigenvalue weighted by Gasteiger charge is 2.52. The van der Waals surface area contributed by atoms with Gasteiger partial charge in [0.1, 0.15) is 6.17 Å². The largest absolute Gasteiger partial charge is 0.377 e. The Morgan fingerprint density at radius 3 is 2.85 bits per heavy atom. The predicted molar refractivity (Wildman–Crippen MR) is 49.5 cm³/mol. The Bertz CT molecular complexity index is 197. The molecule has 13 heavy (non-hydrogen) atoms. The van der Waals surface area contributed by atoms with Gasteiger partial charge in [-0.15, -0.1) is 0 Å². The average Bonchev–Trinajstić information content (AvgIpc) is 2.25. The Labute approximate surface area is 79.1 Å². The monoisotopic (exact) mass is 187 g/mol. The minimum Gasteiger partial charge on any atom is -0.377 e. The number of halogens is 1. The van der Waals surface area contributed by atoms with Crippen molar-refractivity contribution in [1.29, 1.82) is 0 Å². The molecule has 0 unspecified atom stereocenters. The molecule has 2 saturated heterocycles. The molecule has 0 bridgehead atoms. The van der Waals surface area contributed by atoms with E-state index in [4.69, 9.17) is 4.74 Å². The van der Waals surface area contributed by atoms with Crippen molar-refractivity contribution in [1.82, 2.24) is 4.90 Å². The molecule has 0 aromatic carbocycles. The molecule has 2 aliphatic heterocycles. The van der Waals surface area contributed by atoms with Gasteiger partial charge in [0.2, 0.25) is 0 Å². The van der Waals surface area contributed by atoms with Crippen LogP contribution >= 0.6 is 0 Å². The van der Waals surface area contributed by atoms with Crippen LogP contribution in [0.25, 0.3) is 0 Å². The molecule has 0 aromatic heterocycles. The molecule has 2 rings (SSSR count). The highest BCUT2D eigenvalue weighted by molar-refractivity contribution is 5.07. The molecule has 0 N–H and O–H groups in total. The van der Waals surface area contributed by atoms with Crippen LogP contribution in [-0.4, -0.2) is 42.4 Å². The molecule has 2 aliphatic rings. The maximum absolute atomic E-state index is 13.1. The molecule has 2 atom stereocenters. The second kappa shape index (κ2) is 3.21. The second-order valence-electron chi connectivity index (χ2n) is 4.58. The zero-order valence-corrected chi connectivity index (χ0v) is 8.42. The maximum atomic E-state index is 13.1. The molecule has 0 aliphatic carbocycles. The molecule has 2 heterocycles. The molecule has 2 fully saturated rings. The molecule has 0 spiro atoms. The van der Waals surface area contributed by atoms with Crippen molar-refractivity contribution in [2.24, 2.45) is 0 Å². The van der Waals surface area contributed by atoms with Crippen LogP contribution in [0.3, 0.4) is 0 Å². The van der Waals surface area contributed by atoms with Crippen LogP contribution in [0.15, 0.2) is 0 Å². The highest BCUT2D eigenvalue weighted by atomic mass is 19.1. The van der Waals surface area contributed by atoms with Gasteiger partial charge in [-0.3, -0.25) is 4.90 Å². The van der Waals surface area contributed by atoms with Crippen molar-refractivity contribution in [3.8, 4) is 0 Å². The Balaban J connectivity index is 1.89. The lowest BCUT2D eigenvalue weighted by Crippen LogP contribution is -2.58. The lowest BCUT2D eigenvalue weighted by Gasteiger charge is -2.47. The van der Waals surface area contributed by atoms with E-state index < -0.39 is 6.17 Å².